The van der Waals surface area contributed by atoms with Gasteiger partial charge in [0.05, 0.1) is 23.0 Å². The molecule has 1 saturated carbocycles. The topological polar surface area (TPSA) is 117 Å². The molecule has 34 heavy (non-hydrogen) atoms. The largest absolute Gasteiger partial charge is 0.391 e. The maximum Gasteiger partial charge on any atom is 0.391 e. The Kier molecular flexibility index (Phi) is 5.27. The summed E-state index contributed by atoms with van der Waals surface area (Å²) in [4.78, 5) is 26.8. The molecule has 5 rings (SSSR count). The van der Waals surface area contributed by atoms with E-state index in [0.717, 1.165) is 0 Å². The number of likely N-dealkylation sites (N-methyl/N-ethyl adjacent to an activating group) is 1. The zero-order valence-corrected chi connectivity index (χ0v) is 18.1. The summed E-state index contributed by atoms with van der Waals surface area (Å²) in [6.45, 7) is 0.404. The first-order valence-corrected chi connectivity index (χ1v) is 10.7. The minimum atomic E-state index is -4.18. The van der Waals surface area contributed by atoms with Crippen molar-refractivity contribution in [2.45, 2.75) is 37.1 Å². The van der Waals surface area contributed by atoms with Crippen LogP contribution < -0.4 is 5.32 Å². The highest BCUT2D eigenvalue weighted by atomic mass is 19.4. The molecule has 1 aliphatic heterocycles. The molecule has 0 bridgehead atoms. The summed E-state index contributed by atoms with van der Waals surface area (Å²) in [7, 11) is 1.60. The van der Waals surface area contributed by atoms with Crippen LogP contribution in [0.4, 0.5) is 19.1 Å². The van der Waals surface area contributed by atoms with E-state index < -0.39 is 23.6 Å². The number of nitrogens with one attached hydrogen (secondary N) is 1. The first kappa shape index (κ1) is 22.3. The lowest BCUT2D eigenvalue weighted by atomic mass is 9.80. The smallest absolute Gasteiger partial charge is 0.373 e. The number of nitrogens with zero attached hydrogens (tertiary/aromatic N) is 5. The Morgan fingerprint density at radius 2 is 1.85 bits per heavy atom. The quantitative estimate of drug-likeness (QED) is 0.580. The van der Waals surface area contributed by atoms with Gasteiger partial charge in [-0.2, -0.15) is 13.2 Å². The number of hydrogen-bond acceptors (Lipinski definition) is 8. The second kappa shape index (κ2) is 8.05. The molecule has 2 aliphatic rings. The van der Waals surface area contributed by atoms with E-state index in [-0.39, 0.29) is 37.0 Å². The second-order valence-electron chi connectivity index (χ2n) is 8.64. The molecule has 0 radical (unpaired) electrons. The minimum absolute atomic E-state index is 0.00996. The van der Waals surface area contributed by atoms with Crippen LogP contribution in [0.2, 0.25) is 0 Å². The zero-order chi connectivity index (χ0) is 24.1. The highest BCUT2D eigenvalue weighted by Gasteiger charge is 2.49. The SMILES string of the molecule is CN1CCC(O)(c2cc(-c3cccc(-c4ccnc(NC5CC(C(F)(F)F)C5)n4)n3)no2)C1=O. The number of amides is 1. The van der Waals surface area contributed by atoms with Gasteiger partial charge in [-0.3, -0.25) is 4.79 Å². The molecule has 1 saturated heterocycles. The molecule has 0 aromatic carbocycles. The third-order valence-electron chi connectivity index (χ3n) is 6.29. The molecule has 2 N–H and O–H groups in total. The summed E-state index contributed by atoms with van der Waals surface area (Å²) < 4.78 is 43.4. The van der Waals surface area contributed by atoms with Crippen molar-refractivity contribution in [3.8, 4) is 22.8 Å². The minimum Gasteiger partial charge on any atom is -0.373 e. The number of alkyl halides is 3. The van der Waals surface area contributed by atoms with E-state index in [9.17, 15) is 23.1 Å². The van der Waals surface area contributed by atoms with Crippen LogP contribution in [0.1, 0.15) is 25.0 Å². The van der Waals surface area contributed by atoms with Crippen LogP contribution in [0, 0.1) is 5.92 Å². The van der Waals surface area contributed by atoms with Gasteiger partial charge in [-0.15, -0.1) is 0 Å². The van der Waals surface area contributed by atoms with Crippen molar-refractivity contribution in [1.82, 2.24) is 25.0 Å². The van der Waals surface area contributed by atoms with Crippen molar-refractivity contribution in [1.29, 1.82) is 0 Å². The standard InChI is InChI=1S/C22H21F3N6O3/c1-31-8-6-21(33,19(31)32)18-11-17(30-34-18)15-4-2-3-14(28-15)16-5-7-26-20(29-16)27-13-9-12(10-13)22(23,24)25/h2-5,7,11-13,33H,6,8-10H2,1H3,(H,26,27,29). The normalized spacial score (nSPS) is 24.9. The summed E-state index contributed by atoms with van der Waals surface area (Å²) in [5.74, 6) is -1.47. The lowest BCUT2D eigenvalue weighted by Crippen LogP contribution is -2.43. The lowest BCUT2D eigenvalue weighted by Gasteiger charge is -2.36. The highest BCUT2D eigenvalue weighted by Crippen LogP contribution is 2.42. The number of carbonyl (C=O) groups excluding carboxylic acids is 1. The Balaban J connectivity index is 1.33. The first-order valence-electron chi connectivity index (χ1n) is 10.7. The molecule has 2 fully saturated rings. The van der Waals surface area contributed by atoms with Gasteiger partial charge in [0.15, 0.2) is 5.76 Å². The van der Waals surface area contributed by atoms with Crippen LogP contribution >= 0.6 is 0 Å². The number of anilines is 1. The lowest BCUT2D eigenvalue weighted by molar-refractivity contribution is -0.195. The molecule has 3 aromatic rings. The molecule has 0 spiro atoms. The fourth-order valence-electron chi connectivity index (χ4n) is 4.15. The van der Waals surface area contributed by atoms with E-state index in [1.54, 1.807) is 31.3 Å². The van der Waals surface area contributed by atoms with Crippen molar-refractivity contribution in [2.75, 3.05) is 18.9 Å². The molecule has 4 heterocycles. The predicted octanol–water partition coefficient (Wildman–Crippen LogP) is 3.00. The Morgan fingerprint density at radius 3 is 2.53 bits per heavy atom. The molecule has 1 unspecified atom stereocenters. The first-order chi connectivity index (χ1) is 16.1. The second-order valence-corrected chi connectivity index (χ2v) is 8.64. The van der Waals surface area contributed by atoms with Crippen LogP contribution in [-0.4, -0.2) is 61.8 Å². The van der Waals surface area contributed by atoms with E-state index in [1.165, 1.54) is 17.2 Å². The summed E-state index contributed by atoms with van der Waals surface area (Å²) in [5.41, 5.74) is -0.00863. The summed E-state index contributed by atoms with van der Waals surface area (Å²) in [6, 6.07) is 7.96. The Bertz CT molecular complexity index is 1230. The molecule has 178 valence electrons. The molecule has 1 atom stereocenters. The number of likely N-dealkylation sites (tertiary alicyclic amines) is 1. The van der Waals surface area contributed by atoms with E-state index in [1.807, 2.05) is 0 Å². The average Bonchev–Trinajstić information content (AvgIpc) is 3.38. The number of carbonyl (C=O) groups is 1. The summed E-state index contributed by atoms with van der Waals surface area (Å²) in [6.07, 6.45) is -2.49. The van der Waals surface area contributed by atoms with Gasteiger partial charge < -0.3 is 19.8 Å². The van der Waals surface area contributed by atoms with E-state index in [2.05, 4.69) is 25.4 Å². The van der Waals surface area contributed by atoms with Crippen molar-refractivity contribution >= 4 is 11.9 Å². The monoisotopic (exact) mass is 474 g/mol. The van der Waals surface area contributed by atoms with Gasteiger partial charge in [-0.25, -0.2) is 15.0 Å². The van der Waals surface area contributed by atoms with Gasteiger partial charge >= 0.3 is 6.18 Å². The van der Waals surface area contributed by atoms with Crippen LogP contribution in [0.3, 0.4) is 0 Å². The van der Waals surface area contributed by atoms with Crippen molar-refractivity contribution < 1.29 is 27.6 Å². The number of aromatic nitrogens is 4. The van der Waals surface area contributed by atoms with Gasteiger partial charge in [0.2, 0.25) is 11.5 Å². The average molecular weight is 474 g/mol. The molecular weight excluding hydrogens is 453 g/mol. The number of halogens is 3. The van der Waals surface area contributed by atoms with Crippen LogP contribution in [-0.2, 0) is 10.4 Å². The third kappa shape index (κ3) is 3.98. The molecule has 12 heteroatoms. The molecule has 3 aromatic heterocycles. The summed E-state index contributed by atoms with van der Waals surface area (Å²) >= 11 is 0. The fraction of sp³-hybridized carbons (Fsp3) is 0.409. The van der Waals surface area contributed by atoms with Crippen LogP contribution in [0.25, 0.3) is 22.8 Å². The number of aliphatic hydroxyl groups is 1. The maximum absolute atomic E-state index is 12.7. The zero-order valence-electron chi connectivity index (χ0n) is 18.1. The van der Waals surface area contributed by atoms with Crippen LogP contribution in [0.5, 0.6) is 0 Å². The van der Waals surface area contributed by atoms with Crippen molar-refractivity contribution in [3.05, 3.63) is 42.3 Å². The number of hydrogen-bond donors (Lipinski definition) is 2. The predicted molar refractivity (Wildman–Crippen MR) is 113 cm³/mol. The highest BCUT2D eigenvalue weighted by molar-refractivity contribution is 5.87. The van der Waals surface area contributed by atoms with Gasteiger partial charge in [0.25, 0.3) is 5.91 Å². The van der Waals surface area contributed by atoms with Gasteiger partial charge in [0.1, 0.15) is 5.69 Å². The molecular formula is C22H21F3N6O3. The van der Waals surface area contributed by atoms with Gasteiger partial charge in [0, 0.05) is 38.3 Å². The van der Waals surface area contributed by atoms with Gasteiger partial charge in [-0.1, -0.05) is 11.2 Å². The van der Waals surface area contributed by atoms with Gasteiger partial charge in [-0.05, 0) is 31.0 Å². The van der Waals surface area contributed by atoms with E-state index in [4.69, 9.17) is 4.52 Å². The Hall–Kier alpha value is -3.54. The molecule has 1 amide bonds. The van der Waals surface area contributed by atoms with E-state index in [0.29, 0.717) is 29.3 Å². The number of pyridine rings is 1. The third-order valence-corrected chi connectivity index (χ3v) is 6.29. The van der Waals surface area contributed by atoms with E-state index >= 15 is 0 Å². The summed E-state index contributed by atoms with van der Waals surface area (Å²) in [5, 5.41) is 17.7. The molecule has 1 aliphatic carbocycles. The number of rotatable bonds is 5. The fourth-order valence-corrected chi connectivity index (χ4v) is 4.15. The Labute approximate surface area is 192 Å². The Morgan fingerprint density at radius 1 is 1.15 bits per heavy atom. The van der Waals surface area contributed by atoms with Crippen LogP contribution in [0.15, 0.2) is 41.1 Å². The van der Waals surface area contributed by atoms with Crippen molar-refractivity contribution in [2.24, 2.45) is 5.92 Å². The van der Waals surface area contributed by atoms with Crippen molar-refractivity contribution in [3.63, 3.8) is 0 Å². The maximum atomic E-state index is 12.7. The molecule has 9 nitrogen and oxygen atoms in total.